The van der Waals surface area contributed by atoms with Crippen molar-refractivity contribution >= 4 is 22.6 Å². The molecule has 0 saturated carbocycles. The van der Waals surface area contributed by atoms with Crippen LogP contribution >= 0.6 is 0 Å². The number of rotatable bonds is 5. The van der Waals surface area contributed by atoms with Gasteiger partial charge in [-0.3, -0.25) is 14.2 Å². The molecule has 7 nitrogen and oxygen atoms in total. The summed E-state index contributed by atoms with van der Waals surface area (Å²) in [5.74, 6) is -0.117. The molecule has 2 heterocycles. The average Bonchev–Trinajstić information content (AvgIpc) is 3.20. The fourth-order valence-electron chi connectivity index (χ4n) is 3.39. The van der Waals surface area contributed by atoms with Crippen LogP contribution in [0.4, 0.5) is 18.9 Å². The highest BCUT2D eigenvalue weighted by Crippen LogP contribution is 2.30. The van der Waals surface area contributed by atoms with Crippen LogP contribution in [0, 0.1) is 0 Å². The van der Waals surface area contributed by atoms with Crippen LogP contribution in [0.25, 0.3) is 16.7 Å². The van der Waals surface area contributed by atoms with Gasteiger partial charge in [0.05, 0.1) is 17.4 Å². The van der Waals surface area contributed by atoms with E-state index in [2.05, 4.69) is 15.4 Å². The molecule has 4 aromatic rings. The maximum atomic E-state index is 13.0. The predicted octanol–water partition coefficient (Wildman–Crippen LogP) is 4.36. The Kier molecular flexibility index (Phi) is 5.75. The number of fused-ring (bicyclic) bond motifs is 1. The average molecular weight is 455 g/mol. The Morgan fingerprint density at radius 2 is 1.88 bits per heavy atom. The molecule has 2 aromatic carbocycles. The van der Waals surface area contributed by atoms with Crippen molar-refractivity contribution in [1.82, 2.24) is 19.3 Å². The first-order chi connectivity index (χ1) is 15.6. The van der Waals surface area contributed by atoms with Gasteiger partial charge in [0.1, 0.15) is 18.3 Å². The van der Waals surface area contributed by atoms with Crippen molar-refractivity contribution in [1.29, 1.82) is 0 Å². The first-order valence-corrected chi connectivity index (χ1v) is 10.1. The van der Waals surface area contributed by atoms with Gasteiger partial charge in [0.15, 0.2) is 5.65 Å². The van der Waals surface area contributed by atoms with Crippen molar-refractivity contribution in [2.75, 3.05) is 5.32 Å². The van der Waals surface area contributed by atoms with Gasteiger partial charge >= 0.3 is 6.18 Å². The van der Waals surface area contributed by atoms with Gasteiger partial charge in [0.2, 0.25) is 5.91 Å². The van der Waals surface area contributed by atoms with E-state index in [-0.39, 0.29) is 23.3 Å². The zero-order valence-electron chi connectivity index (χ0n) is 17.8. The van der Waals surface area contributed by atoms with Crippen LogP contribution in [0.1, 0.15) is 30.9 Å². The molecule has 10 heteroatoms. The van der Waals surface area contributed by atoms with Crippen LogP contribution in [-0.4, -0.2) is 25.2 Å². The molecular formula is C23H20F3N5O2. The number of hydrogen-bond acceptors (Lipinski definition) is 4. The number of nitrogens with zero attached hydrogens (tertiary/aromatic N) is 4. The molecule has 1 N–H and O–H groups in total. The third-order valence-electron chi connectivity index (χ3n) is 5.12. The van der Waals surface area contributed by atoms with Gasteiger partial charge in [0.25, 0.3) is 5.56 Å². The number of carbonyl (C=O) groups excluding carboxylic acids is 1. The Bertz CT molecular complexity index is 1390. The van der Waals surface area contributed by atoms with Crippen molar-refractivity contribution in [2.24, 2.45) is 0 Å². The van der Waals surface area contributed by atoms with Gasteiger partial charge in [-0.25, -0.2) is 9.67 Å². The Balaban J connectivity index is 1.59. The second kappa shape index (κ2) is 8.53. The van der Waals surface area contributed by atoms with Gasteiger partial charge in [-0.15, -0.1) is 0 Å². The highest BCUT2D eigenvalue weighted by molar-refractivity contribution is 5.90. The molecule has 0 atom stereocenters. The lowest BCUT2D eigenvalue weighted by Crippen LogP contribution is -2.27. The Morgan fingerprint density at radius 1 is 1.12 bits per heavy atom. The summed E-state index contributed by atoms with van der Waals surface area (Å²) in [6, 6.07) is 12.0. The summed E-state index contributed by atoms with van der Waals surface area (Å²) in [4.78, 5) is 29.5. The van der Waals surface area contributed by atoms with Crippen molar-refractivity contribution < 1.29 is 18.0 Å². The standard InChI is InChI=1S/C23H20F3N5O2/c1-14(2)15-5-3-7-17(9-15)29-20(32)12-30-13-27-21-19(22(30)33)11-28-31(21)18-8-4-6-16(10-18)23(24,25)26/h3-11,13-14H,12H2,1-2H3,(H,29,32). The Labute approximate surface area is 186 Å². The predicted molar refractivity (Wildman–Crippen MR) is 117 cm³/mol. The molecule has 0 unspecified atom stereocenters. The summed E-state index contributed by atoms with van der Waals surface area (Å²) in [5.41, 5.74) is 0.535. The minimum absolute atomic E-state index is 0.0875. The lowest BCUT2D eigenvalue weighted by atomic mass is 10.0. The topological polar surface area (TPSA) is 81.8 Å². The maximum absolute atomic E-state index is 13.0. The fourth-order valence-corrected chi connectivity index (χ4v) is 3.39. The fraction of sp³-hybridized carbons (Fsp3) is 0.217. The zero-order chi connectivity index (χ0) is 23.8. The Morgan fingerprint density at radius 3 is 2.61 bits per heavy atom. The highest BCUT2D eigenvalue weighted by atomic mass is 19.4. The summed E-state index contributed by atoms with van der Waals surface area (Å²) in [5, 5.41) is 6.88. The van der Waals surface area contributed by atoms with E-state index in [1.165, 1.54) is 24.7 Å². The maximum Gasteiger partial charge on any atom is 0.416 e. The van der Waals surface area contributed by atoms with Crippen LogP contribution in [0.15, 0.2) is 65.8 Å². The number of anilines is 1. The molecule has 170 valence electrons. The first kappa shape index (κ1) is 22.3. The number of hydrogen-bond donors (Lipinski definition) is 1. The van der Waals surface area contributed by atoms with E-state index in [1.54, 1.807) is 6.07 Å². The van der Waals surface area contributed by atoms with Crippen molar-refractivity contribution in [3.8, 4) is 5.69 Å². The smallest absolute Gasteiger partial charge is 0.325 e. The molecule has 2 aromatic heterocycles. The minimum Gasteiger partial charge on any atom is -0.325 e. The number of carbonyl (C=O) groups is 1. The summed E-state index contributed by atoms with van der Waals surface area (Å²) >= 11 is 0. The molecule has 4 rings (SSSR count). The SMILES string of the molecule is CC(C)c1cccc(NC(=O)Cn2cnc3c(cnn3-c3cccc(C(F)(F)F)c3)c2=O)c1. The second-order valence-electron chi connectivity index (χ2n) is 7.85. The summed E-state index contributed by atoms with van der Waals surface area (Å²) < 4.78 is 41.4. The van der Waals surface area contributed by atoms with Crippen LogP contribution in [0.5, 0.6) is 0 Å². The lowest BCUT2D eigenvalue weighted by Gasteiger charge is -2.11. The third-order valence-corrected chi connectivity index (χ3v) is 5.12. The van der Waals surface area contributed by atoms with E-state index in [9.17, 15) is 22.8 Å². The number of aromatic nitrogens is 4. The van der Waals surface area contributed by atoms with Crippen LogP contribution in [-0.2, 0) is 17.5 Å². The number of alkyl halides is 3. The molecule has 0 saturated heterocycles. The monoisotopic (exact) mass is 455 g/mol. The zero-order valence-corrected chi connectivity index (χ0v) is 17.8. The lowest BCUT2D eigenvalue weighted by molar-refractivity contribution is -0.137. The summed E-state index contributed by atoms with van der Waals surface area (Å²) in [6.07, 6.45) is -2.10. The highest BCUT2D eigenvalue weighted by Gasteiger charge is 2.30. The van der Waals surface area contributed by atoms with E-state index in [0.717, 1.165) is 26.9 Å². The summed E-state index contributed by atoms with van der Waals surface area (Å²) in [6.45, 7) is 3.81. The molecule has 0 spiro atoms. The molecular weight excluding hydrogens is 435 g/mol. The molecule has 0 aliphatic heterocycles. The molecule has 0 radical (unpaired) electrons. The second-order valence-corrected chi connectivity index (χ2v) is 7.85. The van der Waals surface area contributed by atoms with Crippen LogP contribution < -0.4 is 10.9 Å². The van der Waals surface area contributed by atoms with Gasteiger partial charge in [-0.1, -0.05) is 32.0 Å². The minimum atomic E-state index is -4.51. The summed E-state index contributed by atoms with van der Waals surface area (Å²) in [7, 11) is 0. The van der Waals surface area contributed by atoms with Crippen molar-refractivity contribution in [3.63, 3.8) is 0 Å². The molecule has 0 aliphatic rings. The number of amides is 1. The van der Waals surface area contributed by atoms with E-state index < -0.39 is 23.2 Å². The van der Waals surface area contributed by atoms with Gasteiger partial charge in [0, 0.05) is 5.69 Å². The molecule has 0 aliphatic carbocycles. The van der Waals surface area contributed by atoms with Gasteiger partial charge in [-0.05, 0) is 41.8 Å². The van der Waals surface area contributed by atoms with Crippen LogP contribution in [0.3, 0.4) is 0 Å². The van der Waals surface area contributed by atoms with E-state index >= 15 is 0 Å². The van der Waals surface area contributed by atoms with E-state index in [4.69, 9.17) is 0 Å². The van der Waals surface area contributed by atoms with Crippen molar-refractivity contribution in [2.45, 2.75) is 32.5 Å². The van der Waals surface area contributed by atoms with Crippen LogP contribution in [0.2, 0.25) is 0 Å². The third kappa shape index (κ3) is 4.64. The quantitative estimate of drug-likeness (QED) is 0.485. The number of nitrogens with one attached hydrogen (secondary N) is 1. The normalized spacial score (nSPS) is 11.8. The Hall–Kier alpha value is -3.95. The first-order valence-electron chi connectivity index (χ1n) is 10.1. The molecule has 1 amide bonds. The molecule has 0 bridgehead atoms. The van der Waals surface area contributed by atoms with Crippen molar-refractivity contribution in [3.05, 3.63) is 82.5 Å². The van der Waals surface area contributed by atoms with Gasteiger partial charge < -0.3 is 5.32 Å². The largest absolute Gasteiger partial charge is 0.416 e. The number of benzene rings is 2. The number of halogens is 3. The van der Waals surface area contributed by atoms with E-state index in [1.807, 2.05) is 32.0 Å². The van der Waals surface area contributed by atoms with E-state index in [0.29, 0.717) is 11.6 Å². The molecule has 33 heavy (non-hydrogen) atoms. The van der Waals surface area contributed by atoms with Gasteiger partial charge in [-0.2, -0.15) is 18.3 Å². The molecule has 0 fully saturated rings.